The Kier molecular flexibility index (Phi) is 35.7. The van der Waals surface area contributed by atoms with Gasteiger partial charge in [-0.2, -0.15) is 0 Å². The van der Waals surface area contributed by atoms with Crippen molar-refractivity contribution in [2.75, 3.05) is 60.5 Å². The molecule has 15 heteroatoms. The van der Waals surface area contributed by atoms with Gasteiger partial charge in [0, 0.05) is 33.7 Å². The van der Waals surface area contributed by atoms with E-state index in [1.165, 1.54) is 14.2 Å². The van der Waals surface area contributed by atoms with Crippen LogP contribution in [0.1, 0.15) is 72.6 Å². The fourth-order valence-corrected chi connectivity index (χ4v) is 2.79. The first-order valence-corrected chi connectivity index (χ1v) is 14.6. The van der Waals surface area contributed by atoms with Crippen molar-refractivity contribution < 1.29 is 73.4 Å². The summed E-state index contributed by atoms with van der Waals surface area (Å²) in [6.07, 6.45) is 0.321. The Morgan fingerprint density at radius 3 is 1.42 bits per heavy atom. The van der Waals surface area contributed by atoms with Gasteiger partial charge in [0.05, 0.1) is 51.3 Å². The van der Waals surface area contributed by atoms with Crippen LogP contribution in [0, 0.1) is 0 Å². The van der Waals surface area contributed by atoms with Crippen molar-refractivity contribution in [1.82, 2.24) is 0 Å². The molecule has 6 N–H and O–H groups in total. The maximum atomic E-state index is 11.3. The molecule has 0 aromatic heterocycles. The molecule has 0 heterocycles. The van der Waals surface area contributed by atoms with Gasteiger partial charge < -0.3 is 63.8 Å². The molecule has 6 unspecified atom stereocenters. The van der Waals surface area contributed by atoms with E-state index in [4.69, 9.17) is 63.8 Å². The Balaban J connectivity index is -0.000000585. The van der Waals surface area contributed by atoms with Crippen molar-refractivity contribution in [3.63, 3.8) is 0 Å². The fourth-order valence-electron chi connectivity index (χ4n) is 2.79. The highest BCUT2D eigenvalue weighted by Crippen LogP contribution is 2.06. The molecule has 0 aliphatic carbocycles. The Hall–Kier alpha value is -1.50. The lowest BCUT2D eigenvalue weighted by molar-refractivity contribution is -0.194. The smallest absolute Gasteiger partial charge is 0.305 e. The Bertz CT molecular complexity index is 585. The van der Waals surface area contributed by atoms with Gasteiger partial charge in [0.1, 0.15) is 6.61 Å². The Morgan fingerprint density at radius 2 is 1.07 bits per heavy atom. The first kappa shape index (κ1) is 45.9. The molecule has 0 radical (unpaired) electrons. The average molecular weight is 635 g/mol. The third-order valence-electron chi connectivity index (χ3n) is 5.49. The monoisotopic (exact) mass is 634 g/mol. The van der Waals surface area contributed by atoms with E-state index in [2.05, 4.69) is 0 Å². The zero-order valence-corrected chi connectivity index (χ0v) is 26.7. The quantitative estimate of drug-likeness (QED) is 0.0604. The first-order chi connectivity index (χ1) is 20.6. The van der Waals surface area contributed by atoms with Crippen molar-refractivity contribution in [2.45, 2.75) is 110 Å². The number of aliphatic carboxylic acids is 1. The van der Waals surface area contributed by atoms with Crippen LogP contribution < -0.4 is 0 Å². The Labute approximate surface area is 255 Å². The highest BCUT2D eigenvalue weighted by molar-refractivity contribution is 5.71. The average Bonchev–Trinajstić information content (AvgIpc) is 3.02. The number of carboxylic acid groups (broad SMARTS) is 1. The van der Waals surface area contributed by atoms with Gasteiger partial charge in [0.15, 0.2) is 18.9 Å². The van der Waals surface area contributed by atoms with E-state index in [9.17, 15) is 9.59 Å². The predicted molar refractivity (Wildman–Crippen MR) is 155 cm³/mol. The lowest BCUT2D eigenvalue weighted by Gasteiger charge is -2.21. The van der Waals surface area contributed by atoms with E-state index >= 15 is 0 Å². The van der Waals surface area contributed by atoms with Crippen molar-refractivity contribution in [3.8, 4) is 0 Å². The highest BCUT2D eigenvalue weighted by atomic mass is 16.7. The summed E-state index contributed by atoms with van der Waals surface area (Å²) in [6.45, 7) is 7.54. The van der Waals surface area contributed by atoms with Gasteiger partial charge in [-0.05, 0) is 32.1 Å². The second kappa shape index (κ2) is 33.4. The number of carbonyl (C=O) groups excluding carboxylic acids is 1. The van der Waals surface area contributed by atoms with Gasteiger partial charge in [0.25, 0.3) is 0 Å². The topological polar surface area (TPSA) is 220 Å². The van der Waals surface area contributed by atoms with Crippen LogP contribution in [0.15, 0.2) is 0 Å². The molecule has 0 saturated heterocycles. The molecular weight excluding hydrogens is 576 g/mol. The summed E-state index contributed by atoms with van der Waals surface area (Å²) >= 11 is 0. The molecule has 0 rings (SSSR count). The molecular formula is C28H58O15. The number of rotatable bonds is 25. The fraction of sp³-hybridized carbons (Fsp3) is 0.929. The van der Waals surface area contributed by atoms with Crippen LogP contribution in [0.3, 0.4) is 0 Å². The number of aliphatic hydroxyl groups excluding tert-OH is 5. The Morgan fingerprint density at radius 1 is 0.628 bits per heavy atom. The van der Waals surface area contributed by atoms with Crippen molar-refractivity contribution >= 4 is 11.9 Å². The van der Waals surface area contributed by atoms with E-state index < -0.39 is 30.8 Å². The molecule has 0 bridgehead atoms. The lowest BCUT2D eigenvalue weighted by Crippen LogP contribution is -2.30. The number of aliphatic hydroxyl groups is 5. The number of ether oxygens (including phenoxy) is 7. The normalized spacial score (nSPS) is 15.0. The van der Waals surface area contributed by atoms with Gasteiger partial charge in [0.2, 0.25) is 0 Å². The van der Waals surface area contributed by atoms with Crippen LogP contribution in [-0.2, 0) is 42.7 Å². The van der Waals surface area contributed by atoms with Crippen molar-refractivity contribution in [1.29, 1.82) is 0 Å². The van der Waals surface area contributed by atoms with Crippen LogP contribution in [0.5, 0.6) is 0 Å². The van der Waals surface area contributed by atoms with Gasteiger partial charge >= 0.3 is 11.9 Å². The predicted octanol–water partition coefficient (Wildman–Crippen LogP) is 0.802. The van der Waals surface area contributed by atoms with Crippen LogP contribution in [-0.4, -0.2) is 140 Å². The van der Waals surface area contributed by atoms with E-state index in [-0.39, 0.29) is 77.2 Å². The van der Waals surface area contributed by atoms with Crippen LogP contribution >= 0.6 is 0 Å². The number of carbonyl (C=O) groups is 2. The molecule has 43 heavy (non-hydrogen) atoms. The number of esters is 1. The minimum atomic E-state index is -0.945. The van der Waals surface area contributed by atoms with E-state index in [1.807, 2.05) is 27.7 Å². The summed E-state index contributed by atoms with van der Waals surface area (Å²) < 4.78 is 35.6. The minimum absolute atomic E-state index is 0.0392. The number of carboxylic acids is 1. The molecule has 6 atom stereocenters. The zero-order valence-electron chi connectivity index (χ0n) is 26.7. The molecule has 0 aliphatic heterocycles. The SMILES string of the molecule is CCC(CO)OC(CO)OC.CCC(CO)OC(COC(=O)CCCC(=O)O)OC.CCCOC(CO)OC(CC)CO. The summed E-state index contributed by atoms with van der Waals surface area (Å²) in [5.41, 5.74) is 0. The second-order valence-corrected chi connectivity index (χ2v) is 8.97. The molecule has 0 aromatic rings. The third-order valence-corrected chi connectivity index (χ3v) is 5.49. The molecule has 0 fully saturated rings. The molecule has 0 aliphatic rings. The molecule has 0 saturated carbocycles. The van der Waals surface area contributed by atoms with Crippen LogP contribution in [0.25, 0.3) is 0 Å². The molecule has 15 nitrogen and oxygen atoms in total. The van der Waals surface area contributed by atoms with E-state index in [0.717, 1.165) is 6.42 Å². The van der Waals surface area contributed by atoms with Gasteiger partial charge in [-0.3, -0.25) is 9.59 Å². The summed E-state index contributed by atoms with van der Waals surface area (Å²) in [5.74, 6) is -1.44. The standard InChI is InChI=1S/C12H22O7.C9H20O4.C7H16O4/c1-3-9(7-13)19-12(17-2)8-18-11(16)6-4-5-10(14)15;1-3-5-12-9(7-11)13-8(4-2)6-10;1-3-6(4-8)11-7(5-9)10-2/h9,12-13H,3-8H2,1-2H3,(H,14,15);8-11H,3-7H2,1-2H3;6-9H,3-5H2,1-2H3. The van der Waals surface area contributed by atoms with E-state index in [0.29, 0.717) is 25.9 Å². The molecule has 0 aromatic carbocycles. The van der Waals surface area contributed by atoms with Crippen molar-refractivity contribution in [3.05, 3.63) is 0 Å². The summed E-state index contributed by atoms with van der Waals surface area (Å²) in [5, 5.41) is 52.4. The molecule has 0 spiro atoms. The molecule has 260 valence electrons. The number of hydrogen-bond donors (Lipinski definition) is 6. The summed E-state index contributed by atoms with van der Waals surface area (Å²) in [7, 11) is 2.86. The molecule has 0 amide bonds. The third kappa shape index (κ3) is 29.0. The van der Waals surface area contributed by atoms with Crippen molar-refractivity contribution in [2.24, 2.45) is 0 Å². The minimum Gasteiger partial charge on any atom is -0.481 e. The van der Waals surface area contributed by atoms with Gasteiger partial charge in [-0.1, -0.05) is 27.7 Å². The van der Waals surface area contributed by atoms with Crippen LogP contribution in [0.4, 0.5) is 0 Å². The number of hydrogen-bond acceptors (Lipinski definition) is 14. The lowest BCUT2D eigenvalue weighted by atomic mass is 10.2. The number of methoxy groups -OCH3 is 2. The van der Waals surface area contributed by atoms with Crippen LogP contribution in [0.2, 0.25) is 0 Å². The van der Waals surface area contributed by atoms with E-state index in [1.54, 1.807) is 0 Å². The summed E-state index contributed by atoms with van der Waals surface area (Å²) in [4.78, 5) is 21.6. The highest BCUT2D eigenvalue weighted by Gasteiger charge is 2.17. The zero-order chi connectivity index (χ0) is 33.5. The largest absolute Gasteiger partial charge is 0.481 e. The second-order valence-electron chi connectivity index (χ2n) is 8.97. The van der Waals surface area contributed by atoms with Gasteiger partial charge in [-0.25, -0.2) is 0 Å². The maximum absolute atomic E-state index is 11.3. The maximum Gasteiger partial charge on any atom is 0.305 e. The first-order valence-electron chi connectivity index (χ1n) is 14.6. The summed E-state index contributed by atoms with van der Waals surface area (Å²) in [6, 6.07) is 0. The van der Waals surface area contributed by atoms with Gasteiger partial charge in [-0.15, -0.1) is 0 Å².